The van der Waals surface area contributed by atoms with Gasteiger partial charge in [0, 0.05) is 35.9 Å². The number of nitrogens with one attached hydrogen (secondary N) is 1. The van der Waals surface area contributed by atoms with Crippen LogP contribution in [-0.4, -0.2) is 27.6 Å². The fourth-order valence-electron chi connectivity index (χ4n) is 1.98. The number of carbonyl (C=O) groups is 1. The zero-order valence-corrected chi connectivity index (χ0v) is 12.8. The van der Waals surface area contributed by atoms with Gasteiger partial charge in [-0.2, -0.15) is 0 Å². The zero-order valence-electron chi connectivity index (χ0n) is 12.1. The van der Waals surface area contributed by atoms with E-state index in [2.05, 4.69) is 20.5 Å². The van der Waals surface area contributed by atoms with Crippen molar-refractivity contribution in [3.05, 3.63) is 65.3 Å². The molecule has 0 aliphatic rings. The van der Waals surface area contributed by atoms with Gasteiger partial charge in [-0.25, -0.2) is 0 Å². The number of hydrogen-bond donors (Lipinski definition) is 1. The first-order valence-electron chi connectivity index (χ1n) is 6.99. The Labute approximate surface area is 137 Å². The van der Waals surface area contributed by atoms with Crippen LogP contribution in [0.2, 0.25) is 5.02 Å². The van der Waals surface area contributed by atoms with Crippen LogP contribution in [-0.2, 0) is 6.42 Å². The van der Waals surface area contributed by atoms with E-state index in [9.17, 15) is 4.79 Å². The van der Waals surface area contributed by atoms with Crippen LogP contribution >= 0.6 is 11.6 Å². The summed E-state index contributed by atoms with van der Waals surface area (Å²) in [5, 5.41) is 11.2. The second-order valence-corrected chi connectivity index (χ2v) is 5.20. The first kappa shape index (κ1) is 15.2. The predicted molar refractivity (Wildman–Crippen MR) is 85.0 cm³/mol. The molecule has 2 heterocycles. The molecule has 6 nitrogen and oxygen atoms in total. The van der Waals surface area contributed by atoms with E-state index >= 15 is 0 Å². The summed E-state index contributed by atoms with van der Waals surface area (Å²) < 4.78 is 5.54. The maximum atomic E-state index is 12.0. The van der Waals surface area contributed by atoms with Gasteiger partial charge in [-0.05, 0) is 30.3 Å². The van der Waals surface area contributed by atoms with E-state index in [1.807, 2.05) is 6.07 Å². The number of halogens is 1. The van der Waals surface area contributed by atoms with E-state index in [1.54, 1.807) is 42.7 Å². The smallest absolute Gasteiger partial charge is 0.251 e. The molecule has 1 amide bonds. The van der Waals surface area contributed by atoms with Crippen LogP contribution in [0.15, 0.2) is 53.2 Å². The Morgan fingerprint density at radius 1 is 1.22 bits per heavy atom. The van der Waals surface area contributed by atoms with E-state index in [4.69, 9.17) is 16.0 Å². The molecule has 0 saturated carbocycles. The van der Waals surface area contributed by atoms with Crippen LogP contribution in [0, 0.1) is 0 Å². The maximum Gasteiger partial charge on any atom is 0.251 e. The highest BCUT2D eigenvalue weighted by atomic mass is 35.5. The molecular formula is C16H13ClN4O2. The average Bonchev–Trinajstić information content (AvgIpc) is 3.04. The van der Waals surface area contributed by atoms with Gasteiger partial charge in [0.05, 0.1) is 5.56 Å². The minimum absolute atomic E-state index is 0.195. The van der Waals surface area contributed by atoms with E-state index in [-0.39, 0.29) is 5.91 Å². The summed E-state index contributed by atoms with van der Waals surface area (Å²) in [6.07, 6.45) is 3.77. The highest BCUT2D eigenvalue weighted by molar-refractivity contribution is 6.30. The molecule has 0 aliphatic heterocycles. The van der Waals surface area contributed by atoms with E-state index in [1.165, 1.54) is 0 Å². The SMILES string of the molecule is O=C(NCCc1nnc(-c2cccnc2)o1)c1cccc(Cl)c1. The number of aromatic nitrogens is 3. The maximum absolute atomic E-state index is 12.0. The summed E-state index contributed by atoms with van der Waals surface area (Å²) in [4.78, 5) is 16.0. The summed E-state index contributed by atoms with van der Waals surface area (Å²) in [7, 11) is 0. The van der Waals surface area contributed by atoms with Crippen molar-refractivity contribution in [2.24, 2.45) is 0 Å². The number of rotatable bonds is 5. The predicted octanol–water partition coefficient (Wildman–Crippen LogP) is 2.76. The molecule has 0 bridgehead atoms. The topological polar surface area (TPSA) is 80.9 Å². The Morgan fingerprint density at radius 2 is 2.13 bits per heavy atom. The van der Waals surface area contributed by atoms with E-state index < -0.39 is 0 Å². The Morgan fingerprint density at radius 3 is 2.91 bits per heavy atom. The van der Waals surface area contributed by atoms with Crippen molar-refractivity contribution >= 4 is 17.5 Å². The number of hydrogen-bond acceptors (Lipinski definition) is 5. The van der Waals surface area contributed by atoms with Gasteiger partial charge in [-0.3, -0.25) is 9.78 Å². The fraction of sp³-hybridized carbons (Fsp3) is 0.125. The molecule has 116 valence electrons. The molecule has 0 radical (unpaired) electrons. The lowest BCUT2D eigenvalue weighted by Crippen LogP contribution is -2.25. The largest absolute Gasteiger partial charge is 0.421 e. The molecule has 0 aliphatic carbocycles. The van der Waals surface area contributed by atoms with Crippen LogP contribution in [0.25, 0.3) is 11.5 Å². The van der Waals surface area contributed by atoms with Gasteiger partial charge < -0.3 is 9.73 Å². The van der Waals surface area contributed by atoms with Gasteiger partial charge in [-0.15, -0.1) is 10.2 Å². The fourth-order valence-corrected chi connectivity index (χ4v) is 2.17. The highest BCUT2D eigenvalue weighted by Crippen LogP contribution is 2.16. The van der Waals surface area contributed by atoms with Crippen LogP contribution in [0.4, 0.5) is 0 Å². The van der Waals surface area contributed by atoms with Crippen molar-refractivity contribution in [3.8, 4) is 11.5 Å². The molecule has 0 saturated heterocycles. The lowest BCUT2D eigenvalue weighted by atomic mass is 10.2. The third-order valence-corrected chi connectivity index (χ3v) is 3.32. The van der Waals surface area contributed by atoms with Crippen LogP contribution in [0.1, 0.15) is 16.2 Å². The van der Waals surface area contributed by atoms with Crippen molar-refractivity contribution in [1.29, 1.82) is 0 Å². The molecule has 0 atom stereocenters. The average molecular weight is 329 g/mol. The molecule has 0 spiro atoms. The molecule has 3 aromatic rings. The van der Waals surface area contributed by atoms with E-state index in [0.717, 1.165) is 5.56 Å². The number of pyridine rings is 1. The molecule has 1 aromatic carbocycles. The highest BCUT2D eigenvalue weighted by Gasteiger charge is 2.10. The quantitative estimate of drug-likeness (QED) is 0.779. The van der Waals surface area contributed by atoms with Crippen molar-refractivity contribution < 1.29 is 9.21 Å². The van der Waals surface area contributed by atoms with Crippen LogP contribution in [0.3, 0.4) is 0 Å². The van der Waals surface area contributed by atoms with Gasteiger partial charge in [0.25, 0.3) is 5.91 Å². The third kappa shape index (κ3) is 3.92. The number of benzene rings is 1. The molecule has 7 heteroatoms. The molecular weight excluding hydrogens is 316 g/mol. The van der Waals surface area contributed by atoms with Crippen molar-refractivity contribution in [2.45, 2.75) is 6.42 Å². The van der Waals surface area contributed by atoms with Crippen molar-refractivity contribution in [1.82, 2.24) is 20.5 Å². The summed E-state index contributed by atoms with van der Waals surface area (Å²) in [6.45, 7) is 0.389. The van der Waals surface area contributed by atoms with Gasteiger partial charge in [0.1, 0.15) is 0 Å². The van der Waals surface area contributed by atoms with Crippen LogP contribution in [0.5, 0.6) is 0 Å². The molecule has 0 fully saturated rings. The number of carbonyl (C=O) groups excluding carboxylic acids is 1. The first-order valence-corrected chi connectivity index (χ1v) is 7.37. The second kappa shape index (κ2) is 7.02. The summed E-state index contributed by atoms with van der Waals surface area (Å²) in [5.41, 5.74) is 1.27. The standard InChI is InChI=1S/C16H13ClN4O2/c17-13-5-1-3-11(9-13)15(22)19-8-6-14-20-21-16(23-14)12-4-2-7-18-10-12/h1-5,7,9-10H,6,8H2,(H,19,22). The summed E-state index contributed by atoms with van der Waals surface area (Å²) >= 11 is 5.86. The van der Waals surface area contributed by atoms with Gasteiger partial charge in [0.2, 0.25) is 11.8 Å². The molecule has 1 N–H and O–H groups in total. The number of amides is 1. The van der Waals surface area contributed by atoms with E-state index in [0.29, 0.717) is 35.3 Å². The lowest BCUT2D eigenvalue weighted by Gasteiger charge is -2.03. The normalized spacial score (nSPS) is 10.5. The zero-order chi connectivity index (χ0) is 16.1. The van der Waals surface area contributed by atoms with Crippen molar-refractivity contribution in [3.63, 3.8) is 0 Å². The Balaban J connectivity index is 1.55. The minimum Gasteiger partial charge on any atom is -0.421 e. The molecule has 2 aromatic heterocycles. The summed E-state index contributed by atoms with van der Waals surface area (Å²) in [6, 6.07) is 10.4. The monoisotopic (exact) mass is 328 g/mol. The summed E-state index contributed by atoms with van der Waals surface area (Å²) in [5.74, 6) is 0.670. The van der Waals surface area contributed by atoms with Gasteiger partial charge >= 0.3 is 0 Å². The van der Waals surface area contributed by atoms with Crippen LogP contribution < -0.4 is 5.32 Å². The van der Waals surface area contributed by atoms with Crippen molar-refractivity contribution in [2.75, 3.05) is 6.54 Å². The van der Waals surface area contributed by atoms with Gasteiger partial charge in [-0.1, -0.05) is 17.7 Å². The first-order chi connectivity index (χ1) is 11.2. The Hall–Kier alpha value is -2.73. The van der Waals surface area contributed by atoms with Gasteiger partial charge in [0.15, 0.2) is 0 Å². The molecule has 3 rings (SSSR count). The molecule has 0 unspecified atom stereocenters. The Bertz CT molecular complexity index is 805. The second-order valence-electron chi connectivity index (χ2n) is 4.76. The number of nitrogens with zero attached hydrogens (tertiary/aromatic N) is 3. The lowest BCUT2D eigenvalue weighted by molar-refractivity contribution is 0.0953. The Kier molecular flexibility index (Phi) is 4.63. The molecule has 23 heavy (non-hydrogen) atoms. The minimum atomic E-state index is -0.195. The third-order valence-electron chi connectivity index (χ3n) is 3.09.